The second-order valence-corrected chi connectivity index (χ2v) is 3.73. The summed E-state index contributed by atoms with van der Waals surface area (Å²) in [5.74, 6) is 0. The van der Waals surface area contributed by atoms with Crippen LogP contribution in [0.4, 0.5) is 0 Å². The lowest BCUT2D eigenvalue weighted by Gasteiger charge is -1.90. The van der Waals surface area contributed by atoms with Gasteiger partial charge in [-0.3, -0.25) is 0 Å². The minimum absolute atomic E-state index is 0.629. The number of hydrogen-bond donors (Lipinski definition) is 1. The lowest BCUT2D eigenvalue weighted by atomic mass is 10.3. The van der Waals surface area contributed by atoms with Gasteiger partial charge in [0.05, 0.1) is 5.01 Å². The average molecular weight is 170 g/mol. The van der Waals surface area contributed by atoms with E-state index in [0.29, 0.717) is 6.54 Å². The summed E-state index contributed by atoms with van der Waals surface area (Å²) in [6.45, 7) is 2.82. The molecule has 0 saturated carbocycles. The van der Waals surface area contributed by atoms with Crippen LogP contribution in [-0.2, 0) is 13.0 Å². The van der Waals surface area contributed by atoms with Gasteiger partial charge in [0.1, 0.15) is 0 Å². The van der Waals surface area contributed by atoms with Crippen molar-refractivity contribution in [2.75, 3.05) is 0 Å². The number of nitrogens with zero attached hydrogens (tertiary/aromatic N) is 1. The summed E-state index contributed by atoms with van der Waals surface area (Å²) in [6, 6.07) is 0. The first-order valence-electron chi connectivity index (χ1n) is 4.00. The first-order valence-corrected chi connectivity index (χ1v) is 4.82. The van der Waals surface area contributed by atoms with E-state index in [4.69, 9.17) is 5.73 Å². The summed E-state index contributed by atoms with van der Waals surface area (Å²) in [7, 11) is 0. The molecule has 0 saturated heterocycles. The van der Waals surface area contributed by atoms with Gasteiger partial charge in [0.15, 0.2) is 0 Å². The molecule has 1 rings (SSSR count). The first-order chi connectivity index (χ1) is 5.36. The van der Waals surface area contributed by atoms with Gasteiger partial charge in [-0.25, -0.2) is 4.98 Å². The molecule has 1 aromatic heterocycles. The van der Waals surface area contributed by atoms with Crippen LogP contribution in [0.15, 0.2) is 6.20 Å². The molecule has 1 heterocycles. The number of rotatable bonds is 4. The fourth-order valence-corrected chi connectivity index (χ4v) is 1.73. The van der Waals surface area contributed by atoms with Crippen molar-refractivity contribution in [3.63, 3.8) is 0 Å². The van der Waals surface area contributed by atoms with Crippen molar-refractivity contribution in [2.24, 2.45) is 5.73 Å². The van der Waals surface area contributed by atoms with E-state index in [-0.39, 0.29) is 0 Å². The fraction of sp³-hybridized carbons (Fsp3) is 0.625. The van der Waals surface area contributed by atoms with E-state index in [0.717, 1.165) is 6.42 Å². The van der Waals surface area contributed by atoms with Crippen LogP contribution in [-0.4, -0.2) is 4.98 Å². The predicted molar refractivity (Wildman–Crippen MR) is 48.6 cm³/mol. The van der Waals surface area contributed by atoms with E-state index in [2.05, 4.69) is 11.9 Å². The second-order valence-electron chi connectivity index (χ2n) is 2.53. The van der Waals surface area contributed by atoms with Crippen molar-refractivity contribution < 1.29 is 0 Å². The molecule has 2 nitrogen and oxygen atoms in total. The Balaban J connectivity index is 2.44. The van der Waals surface area contributed by atoms with Gasteiger partial charge in [-0.05, 0) is 12.8 Å². The van der Waals surface area contributed by atoms with Gasteiger partial charge in [0, 0.05) is 17.6 Å². The zero-order chi connectivity index (χ0) is 8.10. The zero-order valence-corrected chi connectivity index (χ0v) is 7.66. The molecule has 3 heteroatoms. The predicted octanol–water partition coefficient (Wildman–Crippen LogP) is 1.94. The molecular weight excluding hydrogens is 156 g/mol. The molecule has 0 bridgehead atoms. The third-order valence-electron chi connectivity index (χ3n) is 1.55. The molecular formula is C8H14N2S. The molecule has 0 aliphatic rings. The maximum absolute atomic E-state index is 5.46. The maximum atomic E-state index is 5.46. The van der Waals surface area contributed by atoms with Crippen molar-refractivity contribution >= 4 is 11.3 Å². The van der Waals surface area contributed by atoms with Crippen LogP contribution in [0.5, 0.6) is 0 Å². The largest absolute Gasteiger partial charge is 0.326 e. The maximum Gasteiger partial charge on any atom is 0.0928 e. The van der Waals surface area contributed by atoms with E-state index in [1.54, 1.807) is 11.3 Å². The molecule has 11 heavy (non-hydrogen) atoms. The van der Waals surface area contributed by atoms with E-state index >= 15 is 0 Å². The van der Waals surface area contributed by atoms with Crippen LogP contribution in [0.2, 0.25) is 0 Å². The highest BCUT2D eigenvalue weighted by molar-refractivity contribution is 7.11. The van der Waals surface area contributed by atoms with Gasteiger partial charge < -0.3 is 5.73 Å². The Morgan fingerprint density at radius 1 is 1.64 bits per heavy atom. The molecule has 62 valence electrons. The summed E-state index contributed by atoms with van der Waals surface area (Å²) in [4.78, 5) is 5.45. The number of hydrogen-bond acceptors (Lipinski definition) is 3. The Labute approximate surface area is 71.5 Å². The Morgan fingerprint density at radius 3 is 3.00 bits per heavy atom. The van der Waals surface area contributed by atoms with Gasteiger partial charge in [0.2, 0.25) is 0 Å². The number of aryl methyl sites for hydroxylation is 1. The SMILES string of the molecule is CCCCc1ncc(CN)s1. The topological polar surface area (TPSA) is 38.9 Å². The number of thiazole rings is 1. The second kappa shape index (κ2) is 4.46. The van der Waals surface area contributed by atoms with E-state index in [1.165, 1.54) is 22.7 Å². The Bertz CT molecular complexity index is 208. The summed E-state index contributed by atoms with van der Waals surface area (Å²) in [5, 5.41) is 1.23. The highest BCUT2D eigenvalue weighted by Crippen LogP contribution is 2.13. The zero-order valence-electron chi connectivity index (χ0n) is 6.84. The molecule has 0 amide bonds. The molecule has 0 radical (unpaired) electrons. The molecule has 0 fully saturated rings. The van der Waals surface area contributed by atoms with Gasteiger partial charge in [0.25, 0.3) is 0 Å². The van der Waals surface area contributed by atoms with Crippen molar-refractivity contribution in [1.29, 1.82) is 0 Å². The lowest BCUT2D eigenvalue weighted by Crippen LogP contribution is -1.91. The third-order valence-corrected chi connectivity index (χ3v) is 2.63. The highest BCUT2D eigenvalue weighted by atomic mass is 32.1. The highest BCUT2D eigenvalue weighted by Gasteiger charge is 1.98. The van der Waals surface area contributed by atoms with Gasteiger partial charge in [-0.1, -0.05) is 13.3 Å². The van der Waals surface area contributed by atoms with Crippen molar-refractivity contribution in [1.82, 2.24) is 4.98 Å². The lowest BCUT2D eigenvalue weighted by molar-refractivity contribution is 0.790. The fourth-order valence-electron chi connectivity index (χ4n) is 0.886. The molecule has 0 spiro atoms. The van der Waals surface area contributed by atoms with Crippen molar-refractivity contribution in [3.8, 4) is 0 Å². The summed E-state index contributed by atoms with van der Waals surface area (Å²) < 4.78 is 0. The van der Waals surface area contributed by atoms with E-state index < -0.39 is 0 Å². The van der Waals surface area contributed by atoms with Crippen LogP contribution in [0.1, 0.15) is 29.7 Å². The summed E-state index contributed by atoms with van der Waals surface area (Å²) in [5.41, 5.74) is 5.46. The Kier molecular flexibility index (Phi) is 3.52. The minimum Gasteiger partial charge on any atom is -0.326 e. The van der Waals surface area contributed by atoms with E-state index in [9.17, 15) is 0 Å². The van der Waals surface area contributed by atoms with Crippen LogP contribution in [0.25, 0.3) is 0 Å². The third kappa shape index (κ3) is 2.60. The van der Waals surface area contributed by atoms with Crippen LogP contribution < -0.4 is 5.73 Å². The molecule has 1 aromatic rings. The van der Waals surface area contributed by atoms with Crippen LogP contribution in [0, 0.1) is 0 Å². The monoisotopic (exact) mass is 170 g/mol. The molecule has 0 atom stereocenters. The number of nitrogens with two attached hydrogens (primary N) is 1. The quantitative estimate of drug-likeness (QED) is 0.750. The van der Waals surface area contributed by atoms with Crippen LogP contribution in [0.3, 0.4) is 0 Å². The Hall–Kier alpha value is -0.410. The van der Waals surface area contributed by atoms with Crippen molar-refractivity contribution in [3.05, 3.63) is 16.1 Å². The standard InChI is InChI=1S/C8H14N2S/c1-2-3-4-8-10-6-7(5-9)11-8/h6H,2-5,9H2,1H3. The smallest absolute Gasteiger partial charge is 0.0928 e. The molecule has 0 aromatic carbocycles. The molecule has 0 aliphatic heterocycles. The molecule has 0 aliphatic carbocycles. The van der Waals surface area contributed by atoms with E-state index in [1.807, 2.05) is 6.20 Å². The average Bonchev–Trinajstić information content (AvgIpc) is 2.48. The summed E-state index contributed by atoms with van der Waals surface area (Å²) in [6.07, 6.45) is 5.46. The van der Waals surface area contributed by atoms with Crippen LogP contribution >= 0.6 is 11.3 Å². The first kappa shape index (κ1) is 8.68. The molecule has 0 unspecified atom stereocenters. The Morgan fingerprint density at radius 2 is 2.45 bits per heavy atom. The number of unbranched alkanes of at least 4 members (excludes halogenated alkanes) is 1. The van der Waals surface area contributed by atoms with Gasteiger partial charge in [-0.15, -0.1) is 11.3 Å². The van der Waals surface area contributed by atoms with Crippen molar-refractivity contribution in [2.45, 2.75) is 32.7 Å². The summed E-state index contributed by atoms with van der Waals surface area (Å²) >= 11 is 1.74. The minimum atomic E-state index is 0.629. The van der Waals surface area contributed by atoms with Gasteiger partial charge >= 0.3 is 0 Å². The van der Waals surface area contributed by atoms with Gasteiger partial charge in [-0.2, -0.15) is 0 Å². The normalized spacial score (nSPS) is 10.4. The number of aromatic nitrogens is 1. The molecule has 2 N–H and O–H groups in total.